The normalized spacial score (nSPS) is 12.0. The highest BCUT2D eigenvalue weighted by Crippen LogP contribution is 2.15. The number of nitro benzene ring substituents is 1. The fourth-order valence-electron chi connectivity index (χ4n) is 1.99. The highest BCUT2D eigenvalue weighted by atomic mass is 16.6. The Morgan fingerprint density at radius 3 is 2.61 bits per heavy atom. The molecule has 0 bridgehead atoms. The lowest BCUT2D eigenvalue weighted by Crippen LogP contribution is -2.29. The molecule has 1 atom stereocenters. The summed E-state index contributed by atoms with van der Waals surface area (Å²) < 4.78 is 1.49. The molecule has 1 amide bonds. The molecule has 1 aromatic heterocycles. The van der Waals surface area contributed by atoms with Gasteiger partial charge in [0.25, 0.3) is 11.6 Å². The van der Waals surface area contributed by atoms with Gasteiger partial charge in [0, 0.05) is 31.9 Å². The SMILES string of the molecule is CC(O)CCN(C)C(=O)c1ccn(-c2ccc([N+](=O)[O-])cc2)n1. The Morgan fingerprint density at radius 2 is 2.04 bits per heavy atom. The summed E-state index contributed by atoms with van der Waals surface area (Å²) in [6.45, 7) is 2.10. The van der Waals surface area contributed by atoms with Crippen LogP contribution in [0.15, 0.2) is 36.5 Å². The molecule has 0 radical (unpaired) electrons. The van der Waals surface area contributed by atoms with Crippen molar-refractivity contribution in [3.8, 4) is 5.69 Å². The third-order valence-electron chi connectivity index (χ3n) is 3.36. The Morgan fingerprint density at radius 1 is 1.39 bits per heavy atom. The zero-order valence-electron chi connectivity index (χ0n) is 12.9. The van der Waals surface area contributed by atoms with E-state index in [2.05, 4.69) is 5.10 Å². The second kappa shape index (κ2) is 7.01. The molecule has 0 aliphatic carbocycles. The molecule has 1 heterocycles. The number of aliphatic hydroxyl groups excluding tert-OH is 1. The van der Waals surface area contributed by atoms with Gasteiger partial charge in [0.2, 0.25) is 0 Å². The van der Waals surface area contributed by atoms with E-state index in [1.807, 2.05) is 0 Å². The third kappa shape index (κ3) is 4.13. The van der Waals surface area contributed by atoms with Gasteiger partial charge in [-0.1, -0.05) is 0 Å². The van der Waals surface area contributed by atoms with Crippen LogP contribution >= 0.6 is 0 Å². The van der Waals surface area contributed by atoms with Gasteiger partial charge in [-0.15, -0.1) is 0 Å². The van der Waals surface area contributed by atoms with Gasteiger partial charge in [-0.2, -0.15) is 5.10 Å². The molecule has 122 valence electrons. The number of nitro groups is 1. The van der Waals surface area contributed by atoms with Crippen molar-refractivity contribution in [1.82, 2.24) is 14.7 Å². The van der Waals surface area contributed by atoms with E-state index in [0.717, 1.165) is 0 Å². The number of carbonyl (C=O) groups excluding carboxylic acids is 1. The first-order valence-electron chi connectivity index (χ1n) is 7.12. The summed E-state index contributed by atoms with van der Waals surface area (Å²) >= 11 is 0. The van der Waals surface area contributed by atoms with Crippen molar-refractivity contribution in [3.05, 3.63) is 52.3 Å². The number of non-ortho nitro benzene ring substituents is 1. The number of hydrogen-bond acceptors (Lipinski definition) is 5. The van der Waals surface area contributed by atoms with Crippen molar-refractivity contribution >= 4 is 11.6 Å². The fourth-order valence-corrected chi connectivity index (χ4v) is 1.99. The van der Waals surface area contributed by atoms with Crippen molar-refractivity contribution in [2.24, 2.45) is 0 Å². The topological polar surface area (TPSA) is 102 Å². The first-order valence-corrected chi connectivity index (χ1v) is 7.12. The molecule has 0 aliphatic rings. The van der Waals surface area contributed by atoms with Gasteiger partial charge < -0.3 is 10.0 Å². The second-order valence-corrected chi connectivity index (χ2v) is 5.28. The van der Waals surface area contributed by atoms with Crippen LogP contribution < -0.4 is 0 Å². The van der Waals surface area contributed by atoms with Gasteiger partial charge in [-0.05, 0) is 31.5 Å². The average Bonchev–Trinajstić information content (AvgIpc) is 3.01. The molecule has 8 heteroatoms. The summed E-state index contributed by atoms with van der Waals surface area (Å²) in [6.07, 6.45) is 1.64. The molecular weight excluding hydrogens is 300 g/mol. The number of rotatable bonds is 6. The summed E-state index contributed by atoms with van der Waals surface area (Å²) in [7, 11) is 1.65. The molecule has 23 heavy (non-hydrogen) atoms. The molecule has 0 spiro atoms. The molecule has 0 saturated heterocycles. The summed E-state index contributed by atoms with van der Waals surface area (Å²) in [5, 5.41) is 24.1. The lowest BCUT2D eigenvalue weighted by molar-refractivity contribution is -0.384. The van der Waals surface area contributed by atoms with E-state index >= 15 is 0 Å². The fraction of sp³-hybridized carbons (Fsp3) is 0.333. The molecule has 0 aliphatic heterocycles. The van der Waals surface area contributed by atoms with Gasteiger partial charge in [0.1, 0.15) is 0 Å². The minimum absolute atomic E-state index is 0.00457. The molecule has 1 unspecified atom stereocenters. The molecular formula is C15H18N4O4. The number of carbonyl (C=O) groups is 1. The predicted molar refractivity (Wildman–Crippen MR) is 83.5 cm³/mol. The lowest BCUT2D eigenvalue weighted by atomic mass is 10.2. The number of amides is 1. The standard InChI is InChI=1S/C15H18N4O4/c1-11(20)7-9-17(2)15(21)14-8-10-18(16-14)12-3-5-13(6-4-12)19(22)23/h3-6,8,10-11,20H,7,9H2,1-2H3. The number of nitrogens with zero attached hydrogens (tertiary/aromatic N) is 4. The first kappa shape index (κ1) is 16.6. The first-order chi connectivity index (χ1) is 10.9. The average molecular weight is 318 g/mol. The Kier molecular flexibility index (Phi) is 5.07. The molecule has 1 N–H and O–H groups in total. The highest BCUT2D eigenvalue weighted by Gasteiger charge is 2.16. The van der Waals surface area contributed by atoms with E-state index in [-0.39, 0.29) is 17.3 Å². The minimum Gasteiger partial charge on any atom is -0.393 e. The molecule has 2 aromatic rings. The molecule has 8 nitrogen and oxygen atoms in total. The van der Waals surface area contributed by atoms with Crippen LogP contribution in [0.25, 0.3) is 5.69 Å². The van der Waals surface area contributed by atoms with Crippen molar-refractivity contribution in [1.29, 1.82) is 0 Å². The highest BCUT2D eigenvalue weighted by molar-refractivity contribution is 5.92. The van der Waals surface area contributed by atoms with Crippen molar-refractivity contribution < 1.29 is 14.8 Å². The summed E-state index contributed by atoms with van der Waals surface area (Å²) in [6, 6.07) is 7.48. The Hall–Kier alpha value is -2.74. The van der Waals surface area contributed by atoms with Crippen molar-refractivity contribution in [3.63, 3.8) is 0 Å². The van der Waals surface area contributed by atoms with E-state index in [9.17, 15) is 20.0 Å². The third-order valence-corrected chi connectivity index (χ3v) is 3.36. The van der Waals surface area contributed by atoms with Crippen LogP contribution in [0.2, 0.25) is 0 Å². The molecule has 0 fully saturated rings. The number of hydrogen-bond donors (Lipinski definition) is 1. The monoisotopic (exact) mass is 318 g/mol. The summed E-state index contributed by atoms with van der Waals surface area (Å²) in [5.74, 6) is -0.244. The second-order valence-electron chi connectivity index (χ2n) is 5.28. The van der Waals surface area contributed by atoms with Gasteiger partial charge in [-0.3, -0.25) is 14.9 Å². The lowest BCUT2D eigenvalue weighted by Gasteiger charge is -2.16. The number of benzene rings is 1. The Labute approximate surface area is 133 Å². The van der Waals surface area contributed by atoms with Gasteiger partial charge >= 0.3 is 0 Å². The van der Waals surface area contributed by atoms with Crippen LogP contribution in [0.1, 0.15) is 23.8 Å². The van der Waals surface area contributed by atoms with Crippen molar-refractivity contribution in [2.45, 2.75) is 19.4 Å². The molecule has 2 rings (SSSR count). The summed E-state index contributed by atoms with van der Waals surface area (Å²) in [5.41, 5.74) is 0.896. The number of aromatic nitrogens is 2. The van der Waals surface area contributed by atoms with Crippen LogP contribution in [0.3, 0.4) is 0 Å². The zero-order valence-corrected chi connectivity index (χ0v) is 12.9. The van der Waals surface area contributed by atoms with E-state index in [1.165, 1.54) is 21.7 Å². The van der Waals surface area contributed by atoms with Crippen LogP contribution in [0.5, 0.6) is 0 Å². The van der Waals surface area contributed by atoms with E-state index < -0.39 is 11.0 Å². The van der Waals surface area contributed by atoms with Gasteiger partial charge in [-0.25, -0.2) is 4.68 Å². The maximum absolute atomic E-state index is 12.2. The zero-order chi connectivity index (χ0) is 17.0. The van der Waals surface area contributed by atoms with Crippen LogP contribution in [0, 0.1) is 10.1 Å². The molecule has 1 aromatic carbocycles. The van der Waals surface area contributed by atoms with E-state index in [0.29, 0.717) is 18.7 Å². The smallest absolute Gasteiger partial charge is 0.274 e. The van der Waals surface area contributed by atoms with Gasteiger partial charge in [0.05, 0.1) is 16.7 Å². The maximum Gasteiger partial charge on any atom is 0.274 e. The van der Waals surface area contributed by atoms with Crippen LogP contribution in [-0.2, 0) is 0 Å². The largest absolute Gasteiger partial charge is 0.393 e. The Bertz CT molecular complexity index is 694. The quantitative estimate of drug-likeness (QED) is 0.644. The molecule has 0 saturated carbocycles. The predicted octanol–water partition coefficient (Wildman–Crippen LogP) is 1.62. The minimum atomic E-state index is -0.473. The number of aliphatic hydroxyl groups is 1. The van der Waals surface area contributed by atoms with E-state index in [4.69, 9.17) is 0 Å². The van der Waals surface area contributed by atoms with Crippen molar-refractivity contribution in [2.75, 3.05) is 13.6 Å². The Balaban J connectivity index is 2.10. The van der Waals surface area contributed by atoms with Gasteiger partial charge in [0.15, 0.2) is 5.69 Å². The van der Waals surface area contributed by atoms with Crippen LogP contribution in [-0.4, -0.2) is 50.3 Å². The van der Waals surface area contributed by atoms with Crippen LogP contribution in [0.4, 0.5) is 5.69 Å². The summed E-state index contributed by atoms with van der Waals surface area (Å²) in [4.78, 5) is 23.9. The van der Waals surface area contributed by atoms with E-state index in [1.54, 1.807) is 38.4 Å². The maximum atomic E-state index is 12.2.